The molecule has 0 saturated heterocycles. The first-order chi connectivity index (χ1) is 10.1. The van der Waals surface area contributed by atoms with Crippen LogP contribution in [0.1, 0.15) is 24.1 Å². The summed E-state index contributed by atoms with van der Waals surface area (Å²) in [6.45, 7) is 3.86. The number of fused-ring (bicyclic) bond motifs is 1. The van der Waals surface area contributed by atoms with Crippen molar-refractivity contribution in [2.45, 2.75) is 19.9 Å². The molecule has 108 valence electrons. The molecule has 1 aliphatic rings. The fraction of sp³-hybridized carbons (Fsp3) is 0.267. The molecule has 1 aromatic heterocycles. The standard InChI is InChI=1S/C15H16N4O2/c1-9-5-4-6-11(7-9)13-12(14(20)21-3)10(2)18-15-16-8-17-19(13)15/h4-8,13H,1-3H3,(H,16,17,18)/t13-/m1/s1. The Labute approximate surface area is 122 Å². The van der Waals surface area contributed by atoms with Crippen LogP contribution in [0.4, 0.5) is 5.95 Å². The van der Waals surface area contributed by atoms with E-state index in [2.05, 4.69) is 15.4 Å². The maximum Gasteiger partial charge on any atom is 0.338 e. The largest absolute Gasteiger partial charge is 0.466 e. The molecule has 0 fully saturated rings. The van der Waals surface area contributed by atoms with Crippen molar-refractivity contribution >= 4 is 11.9 Å². The smallest absolute Gasteiger partial charge is 0.338 e. The summed E-state index contributed by atoms with van der Waals surface area (Å²) in [6, 6.07) is 7.66. The molecule has 0 aliphatic carbocycles. The Bertz CT molecular complexity index is 733. The van der Waals surface area contributed by atoms with Crippen LogP contribution in [0, 0.1) is 6.92 Å². The molecule has 0 saturated carbocycles. The second-order valence-electron chi connectivity index (χ2n) is 5.00. The number of nitrogens with one attached hydrogen (secondary N) is 1. The number of ether oxygens (including phenoxy) is 1. The highest BCUT2D eigenvalue weighted by atomic mass is 16.5. The summed E-state index contributed by atoms with van der Waals surface area (Å²) in [6.07, 6.45) is 1.47. The van der Waals surface area contributed by atoms with Gasteiger partial charge in [-0.05, 0) is 19.4 Å². The van der Waals surface area contributed by atoms with Crippen molar-refractivity contribution in [3.05, 3.63) is 53.0 Å². The predicted octanol–water partition coefficient (Wildman–Crippen LogP) is 2.05. The lowest BCUT2D eigenvalue weighted by Gasteiger charge is -2.28. The molecule has 1 N–H and O–H groups in total. The van der Waals surface area contributed by atoms with Crippen LogP contribution in [0.2, 0.25) is 0 Å². The topological polar surface area (TPSA) is 69.0 Å². The van der Waals surface area contributed by atoms with E-state index in [1.807, 2.05) is 38.1 Å². The Kier molecular flexibility index (Phi) is 3.21. The molecule has 0 amide bonds. The molecule has 0 bridgehead atoms. The summed E-state index contributed by atoms with van der Waals surface area (Å²) < 4.78 is 6.64. The maximum atomic E-state index is 12.2. The summed E-state index contributed by atoms with van der Waals surface area (Å²) in [4.78, 5) is 16.4. The number of carbonyl (C=O) groups excluding carboxylic acids is 1. The SMILES string of the molecule is COC(=O)C1=C(C)Nc2ncnn2[C@@H]1c1cccc(C)c1. The van der Waals surface area contributed by atoms with Gasteiger partial charge in [0, 0.05) is 5.70 Å². The molecule has 0 radical (unpaired) electrons. The predicted molar refractivity (Wildman–Crippen MR) is 77.7 cm³/mol. The Morgan fingerprint density at radius 1 is 1.38 bits per heavy atom. The summed E-state index contributed by atoms with van der Waals surface area (Å²) >= 11 is 0. The number of rotatable bonds is 2. The Hall–Kier alpha value is -2.63. The van der Waals surface area contributed by atoms with Crippen LogP contribution in [-0.2, 0) is 9.53 Å². The zero-order valence-electron chi connectivity index (χ0n) is 12.1. The Balaban J connectivity index is 2.20. The van der Waals surface area contributed by atoms with E-state index >= 15 is 0 Å². The van der Waals surface area contributed by atoms with E-state index in [0.717, 1.165) is 16.8 Å². The van der Waals surface area contributed by atoms with Crippen LogP contribution >= 0.6 is 0 Å². The first kappa shape index (κ1) is 13.4. The number of aryl methyl sites for hydroxylation is 1. The minimum Gasteiger partial charge on any atom is -0.466 e. The Morgan fingerprint density at radius 3 is 2.90 bits per heavy atom. The third kappa shape index (κ3) is 2.18. The molecule has 1 aromatic carbocycles. The van der Waals surface area contributed by atoms with E-state index < -0.39 is 0 Å². The normalized spacial score (nSPS) is 17.2. The molecular formula is C15H16N4O2. The molecule has 6 nitrogen and oxygen atoms in total. The molecule has 1 atom stereocenters. The molecule has 6 heteroatoms. The van der Waals surface area contributed by atoms with Gasteiger partial charge in [-0.15, -0.1) is 0 Å². The van der Waals surface area contributed by atoms with Crippen LogP contribution in [0.25, 0.3) is 0 Å². The molecule has 1 aliphatic heterocycles. The zero-order valence-corrected chi connectivity index (χ0v) is 12.1. The number of nitrogens with zero attached hydrogens (tertiary/aromatic N) is 3. The van der Waals surface area contributed by atoms with Crippen molar-refractivity contribution in [1.29, 1.82) is 0 Å². The zero-order chi connectivity index (χ0) is 15.0. The van der Waals surface area contributed by atoms with Gasteiger partial charge in [-0.2, -0.15) is 10.1 Å². The second-order valence-corrected chi connectivity index (χ2v) is 5.00. The van der Waals surface area contributed by atoms with Crippen molar-refractivity contribution in [1.82, 2.24) is 14.8 Å². The van der Waals surface area contributed by atoms with Crippen molar-refractivity contribution in [3.8, 4) is 0 Å². The van der Waals surface area contributed by atoms with Gasteiger partial charge in [0.15, 0.2) is 0 Å². The second kappa shape index (κ2) is 5.05. The molecule has 2 heterocycles. The van der Waals surface area contributed by atoms with Gasteiger partial charge in [-0.25, -0.2) is 9.48 Å². The quantitative estimate of drug-likeness (QED) is 0.855. The van der Waals surface area contributed by atoms with Gasteiger partial charge in [0.25, 0.3) is 0 Å². The van der Waals surface area contributed by atoms with Gasteiger partial charge in [0.1, 0.15) is 12.4 Å². The summed E-state index contributed by atoms with van der Waals surface area (Å²) in [7, 11) is 1.38. The number of hydrogen-bond acceptors (Lipinski definition) is 5. The number of allylic oxidation sites excluding steroid dienone is 1. The maximum absolute atomic E-state index is 12.2. The van der Waals surface area contributed by atoms with Gasteiger partial charge in [0.05, 0.1) is 12.7 Å². The molecule has 0 unspecified atom stereocenters. The van der Waals surface area contributed by atoms with E-state index in [1.165, 1.54) is 13.4 Å². The number of hydrogen-bond donors (Lipinski definition) is 1. The fourth-order valence-corrected chi connectivity index (χ4v) is 2.61. The van der Waals surface area contributed by atoms with Gasteiger partial charge in [0.2, 0.25) is 5.95 Å². The monoisotopic (exact) mass is 284 g/mol. The van der Waals surface area contributed by atoms with Crippen molar-refractivity contribution in [2.75, 3.05) is 12.4 Å². The van der Waals surface area contributed by atoms with Crippen molar-refractivity contribution in [3.63, 3.8) is 0 Å². The molecule has 2 aromatic rings. The number of esters is 1. The highest BCUT2D eigenvalue weighted by Gasteiger charge is 2.33. The lowest BCUT2D eigenvalue weighted by Crippen LogP contribution is -2.29. The highest BCUT2D eigenvalue weighted by molar-refractivity contribution is 5.92. The van der Waals surface area contributed by atoms with E-state index in [9.17, 15) is 4.79 Å². The van der Waals surface area contributed by atoms with Gasteiger partial charge < -0.3 is 10.1 Å². The molecule has 0 spiro atoms. The third-order valence-electron chi connectivity index (χ3n) is 3.56. The minimum atomic E-state index is -0.368. The average Bonchev–Trinajstić information content (AvgIpc) is 2.92. The van der Waals surface area contributed by atoms with Crippen LogP contribution in [-0.4, -0.2) is 27.8 Å². The first-order valence-corrected chi connectivity index (χ1v) is 6.64. The average molecular weight is 284 g/mol. The minimum absolute atomic E-state index is 0.337. The molecule has 21 heavy (non-hydrogen) atoms. The number of methoxy groups -OCH3 is 1. The fourth-order valence-electron chi connectivity index (χ4n) is 2.61. The van der Waals surface area contributed by atoms with Gasteiger partial charge in [-0.3, -0.25) is 0 Å². The van der Waals surface area contributed by atoms with E-state index in [1.54, 1.807) is 4.68 Å². The van der Waals surface area contributed by atoms with Crippen molar-refractivity contribution in [2.24, 2.45) is 0 Å². The number of anilines is 1. The molecule has 3 rings (SSSR count). The number of aromatic nitrogens is 3. The van der Waals surface area contributed by atoms with Crippen LogP contribution in [0.5, 0.6) is 0 Å². The summed E-state index contributed by atoms with van der Waals surface area (Å²) in [5, 5.41) is 7.33. The van der Waals surface area contributed by atoms with Gasteiger partial charge >= 0.3 is 5.97 Å². The van der Waals surface area contributed by atoms with E-state index in [-0.39, 0.29) is 12.0 Å². The highest BCUT2D eigenvalue weighted by Crippen LogP contribution is 2.35. The number of carbonyl (C=O) groups is 1. The lowest BCUT2D eigenvalue weighted by molar-refractivity contribution is -0.136. The number of benzene rings is 1. The Morgan fingerprint density at radius 2 is 2.19 bits per heavy atom. The molecular weight excluding hydrogens is 268 g/mol. The van der Waals surface area contributed by atoms with Crippen LogP contribution in [0.15, 0.2) is 41.9 Å². The van der Waals surface area contributed by atoms with E-state index in [0.29, 0.717) is 11.5 Å². The van der Waals surface area contributed by atoms with E-state index in [4.69, 9.17) is 4.74 Å². The van der Waals surface area contributed by atoms with Crippen LogP contribution in [0.3, 0.4) is 0 Å². The van der Waals surface area contributed by atoms with Crippen LogP contribution < -0.4 is 5.32 Å². The summed E-state index contributed by atoms with van der Waals surface area (Å²) in [5.74, 6) is 0.249. The summed E-state index contributed by atoms with van der Waals surface area (Å²) in [5.41, 5.74) is 3.37. The van der Waals surface area contributed by atoms with Crippen molar-refractivity contribution < 1.29 is 9.53 Å². The lowest BCUT2D eigenvalue weighted by atomic mass is 9.95. The van der Waals surface area contributed by atoms with Gasteiger partial charge in [-0.1, -0.05) is 29.8 Å². The third-order valence-corrected chi connectivity index (χ3v) is 3.56. The first-order valence-electron chi connectivity index (χ1n) is 6.64.